The topological polar surface area (TPSA) is 30.5 Å². The third-order valence-corrected chi connectivity index (χ3v) is 5.70. The van der Waals surface area contributed by atoms with E-state index in [0.29, 0.717) is 25.3 Å². The Labute approximate surface area is 130 Å². The van der Waals surface area contributed by atoms with Crippen LogP contribution in [0.3, 0.4) is 0 Å². The zero-order valence-corrected chi connectivity index (χ0v) is 13.2. The largest absolute Gasteiger partial charge is 0.486 e. The van der Waals surface area contributed by atoms with Gasteiger partial charge in [-0.25, -0.2) is 0 Å². The molecular formula is C17H23NO2S. The molecule has 0 aromatic heterocycles. The predicted octanol–water partition coefficient (Wildman–Crippen LogP) is 3.39. The third-order valence-electron chi connectivity index (χ3n) is 4.66. The fourth-order valence-corrected chi connectivity index (χ4v) is 4.41. The first-order valence-corrected chi connectivity index (χ1v) is 9.29. The molecule has 0 bridgehead atoms. The van der Waals surface area contributed by atoms with Gasteiger partial charge in [0.15, 0.2) is 11.5 Å². The van der Waals surface area contributed by atoms with Gasteiger partial charge in [0.1, 0.15) is 13.2 Å². The van der Waals surface area contributed by atoms with Gasteiger partial charge in [-0.3, -0.25) is 0 Å². The van der Waals surface area contributed by atoms with Crippen LogP contribution in [0.4, 0.5) is 0 Å². The van der Waals surface area contributed by atoms with Crippen LogP contribution >= 0.6 is 11.8 Å². The molecule has 21 heavy (non-hydrogen) atoms. The van der Waals surface area contributed by atoms with Crippen molar-refractivity contribution < 1.29 is 9.47 Å². The van der Waals surface area contributed by atoms with Crippen molar-refractivity contribution >= 4 is 11.8 Å². The minimum absolute atomic E-state index is 0.494. The molecule has 0 spiro atoms. The van der Waals surface area contributed by atoms with Gasteiger partial charge in [0, 0.05) is 12.1 Å². The Kier molecular flexibility index (Phi) is 3.99. The van der Waals surface area contributed by atoms with Gasteiger partial charge in [-0.15, -0.1) is 0 Å². The molecule has 1 aliphatic carbocycles. The maximum absolute atomic E-state index is 5.75. The van der Waals surface area contributed by atoms with E-state index in [1.165, 1.54) is 42.8 Å². The molecule has 1 aromatic carbocycles. The van der Waals surface area contributed by atoms with Crippen LogP contribution in [0.15, 0.2) is 18.2 Å². The molecule has 4 rings (SSSR count). The molecule has 1 unspecified atom stereocenters. The molecule has 0 amide bonds. The van der Waals surface area contributed by atoms with E-state index in [9.17, 15) is 0 Å². The number of hydrogen-bond donors (Lipinski definition) is 1. The second-order valence-electron chi connectivity index (χ2n) is 6.27. The number of thioether (sulfide) groups is 1. The molecule has 4 heteroatoms. The number of nitrogens with one attached hydrogen (secondary N) is 1. The van der Waals surface area contributed by atoms with Crippen molar-refractivity contribution in [2.75, 3.05) is 24.7 Å². The average Bonchev–Trinajstić information content (AvgIpc) is 3.38. The second-order valence-corrected chi connectivity index (χ2v) is 7.50. The van der Waals surface area contributed by atoms with E-state index in [1.807, 2.05) is 0 Å². The maximum atomic E-state index is 5.75. The summed E-state index contributed by atoms with van der Waals surface area (Å²) in [5.41, 5.74) is 1.37. The van der Waals surface area contributed by atoms with Crippen molar-refractivity contribution in [2.24, 2.45) is 5.92 Å². The number of ether oxygens (including phenoxy) is 2. The van der Waals surface area contributed by atoms with Crippen molar-refractivity contribution in [1.82, 2.24) is 5.32 Å². The molecule has 2 heterocycles. The maximum Gasteiger partial charge on any atom is 0.161 e. The lowest BCUT2D eigenvalue weighted by Gasteiger charge is -2.29. The van der Waals surface area contributed by atoms with Gasteiger partial charge in [0.25, 0.3) is 0 Å². The number of fused-ring (bicyclic) bond motifs is 1. The summed E-state index contributed by atoms with van der Waals surface area (Å²) in [5.74, 6) is 5.23. The lowest BCUT2D eigenvalue weighted by atomic mass is 9.99. The monoisotopic (exact) mass is 305 g/mol. The number of rotatable bonds is 4. The van der Waals surface area contributed by atoms with Gasteiger partial charge >= 0.3 is 0 Å². The van der Waals surface area contributed by atoms with E-state index in [0.717, 1.165) is 17.4 Å². The summed E-state index contributed by atoms with van der Waals surface area (Å²) < 4.78 is 11.4. The van der Waals surface area contributed by atoms with Crippen LogP contribution in [0, 0.1) is 5.92 Å². The summed E-state index contributed by atoms with van der Waals surface area (Å²) >= 11 is 2.09. The summed E-state index contributed by atoms with van der Waals surface area (Å²) in [6, 6.07) is 7.68. The minimum atomic E-state index is 0.494. The first kappa shape index (κ1) is 13.8. The first-order chi connectivity index (χ1) is 10.4. The van der Waals surface area contributed by atoms with E-state index in [4.69, 9.17) is 9.47 Å². The third kappa shape index (κ3) is 3.16. The summed E-state index contributed by atoms with van der Waals surface area (Å²) in [6.45, 7) is 1.33. The Bertz CT molecular complexity index is 498. The van der Waals surface area contributed by atoms with Gasteiger partial charge in [-0.1, -0.05) is 6.07 Å². The fourth-order valence-electron chi connectivity index (χ4n) is 3.31. The van der Waals surface area contributed by atoms with Gasteiger partial charge in [-0.2, -0.15) is 11.8 Å². The average molecular weight is 305 g/mol. The number of benzene rings is 1. The standard InChI is InChI=1S/C17H23NO2S/c1-2-12(1)17(18-14-5-9-21-10-6-14)13-3-4-15-16(11-13)20-8-7-19-15/h3-4,11-12,14,17-18H,1-2,5-10H2. The van der Waals surface area contributed by atoms with Gasteiger partial charge in [0.2, 0.25) is 0 Å². The van der Waals surface area contributed by atoms with E-state index in [-0.39, 0.29) is 0 Å². The molecular weight excluding hydrogens is 282 g/mol. The highest BCUT2D eigenvalue weighted by atomic mass is 32.2. The molecule has 1 N–H and O–H groups in total. The van der Waals surface area contributed by atoms with E-state index >= 15 is 0 Å². The molecule has 3 aliphatic rings. The van der Waals surface area contributed by atoms with Gasteiger partial charge < -0.3 is 14.8 Å². The Hall–Kier alpha value is -0.870. The van der Waals surface area contributed by atoms with E-state index in [2.05, 4.69) is 35.3 Å². The highest BCUT2D eigenvalue weighted by Gasteiger charge is 2.34. The lowest BCUT2D eigenvalue weighted by Crippen LogP contribution is -2.36. The lowest BCUT2D eigenvalue weighted by molar-refractivity contribution is 0.171. The molecule has 2 fully saturated rings. The summed E-state index contributed by atoms with van der Waals surface area (Å²) in [5, 5.41) is 3.93. The van der Waals surface area contributed by atoms with Crippen molar-refractivity contribution in [3.05, 3.63) is 23.8 Å². The fraction of sp³-hybridized carbons (Fsp3) is 0.647. The summed E-state index contributed by atoms with van der Waals surface area (Å²) in [4.78, 5) is 0. The van der Waals surface area contributed by atoms with Gasteiger partial charge in [-0.05, 0) is 60.8 Å². The molecule has 1 saturated carbocycles. The number of hydrogen-bond acceptors (Lipinski definition) is 4. The van der Waals surface area contributed by atoms with Gasteiger partial charge in [0.05, 0.1) is 0 Å². The SMILES string of the molecule is c1cc2c(cc1C(NC1CCSCC1)C1CC1)OCCO2. The van der Waals surface area contributed by atoms with Crippen LogP contribution in [0.2, 0.25) is 0 Å². The summed E-state index contributed by atoms with van der Waals surface area (Å²) in [6.07, 6.45) is 5.32. The van der Waals surface area contributed by atoms with Crippen LogP contribution in [0.5, 0.6) is 11.5 Å². The van der Waals surface area contributed by atoms with Crippen molar-refractivity contribution in [1.29, 1.82) is 0 Å². The second kappa shape index (κ2) is 6.09. The zero-order chi connectivity index (χ0) is 14.1. The smallest absolute Gasteiger partial charge is 0.161 e. The minimum Gasteiger partial charge on any atom is -0.486 e. The molecule has 1 saturated heterocycles. The Balaban J connectivity index is 1.53. The van der Waals surface area contributed by atoms with Crippen LogP contribution in [0.25, 0.3) is 0 Å². The first-order valence-electron chi connectivity index (χ1n) is 8.13. The van der Waals surface area contributed by atoms with E-state index < -0.39 is 0 Å². The summed E-state index contributed by atoms with van der Waals surface area (Å²) in [7, 11) is 0. The van der Waals surface area contributed by atoms with Crippen LogP contribution in [0.1, 0.15) is 37.3 Å². The molecule has 2 aliphatic heterocycles. The highest BCUT2D eigenvalue weighted by molar-refractivity contribution is 7.99. The van der Waals surface area contributed by atoms with Crippen LogP contribution in [-0.4, -0.2) is 30.8 Å². The Morgan fingerprint density at radius 1 is 1.00 bits per heavy atom. The molecule has 1 atom stereocenters. The van der Waals surface area contributed by atoms with Crippen LogP contribution < -0.4 is 14.8 Å². The molecule has 1 aromatic rings. The predicted molar refractivity (Wildman–Crippen MR) is 86.4 cm³/mol. The molecule has 114 valence electrons. The Morgan fingerprint density at radius 3 is 2.52 bits per heavy atom. The normalized spacial score (nSPS) is 23.8. The van der Waals surface area contributed by atoms with Crippen molar-refractivity contribution in [2.45, 2.75) is 37.8 Å². The molecule has 0 radical (unpaired) electrons. The van der Waals surface area contributed by atoms with Crippen LogP contribution in [-0.2, 0) is 0 Å². The van der Waals surface area contributed by atoms with Crippen molar-refractivity contribution in [3.8, 4) is 11.5 Å². The highest BCUT2D eigenvalue weighted by Crippen LogP contribution is 2.44. The van der Waals surface area contributed by atoms with E-state index in [1.54, 1.807) is 0 Å². The quantitative estimate of drug-likeness (QED) is 0.923. The van der Waals surface area contributed by atoms with Crippen molar-refractivity contribution in [3.63, 3.8) is 0 Å². The molecule has 3 nitrogen and oxygen atoms in total. The zero-order valence-electron chi connectivity index (χ0n) is 12.3. The Morgan fingerprint density at radius 2 is 1.76 bits per heavy atom.